The number of hydrogen-bond donors (Lipinski definition) is 2. The van der Waals surface area contributed by atoms with Crippen molar-refractivity contribution in [3.05, 3.63) is 94.7 Å². The number of halogens is 1. The standard InChI is InChI=1S/C32H32FN5O2/c33-25-12-4-3-10-23(25)27-29(39)38(32(37-27)13-5-1-2-6-14-32)16-8-9-21-17-22-18-31(19-26(22)35-20-21)24-11-7-15-34-28(24)36-30(31)40/h3-4,7-12,15,17,20,30,40H,1-2,5-6,13-14,16,18-19H2,(H,34,36)/b9-8+/t30-,31?/m1/s1. The molecule has 1 aromatic carbocycles. The first-order valence-corrected chi connectivity index (χ1v) is 14.2. The summed E-state index contributed by atoms with van der Waals surface area (Å²) in [4.78, 5) is 29.6. The lowest BCUT2D eigenvalue weighted by atomic mass is 9.79. The van der Waals surface area contributed by atoms with Gasteiger partial charge < -0.3 is 15.3 Å². The molecule has 2 aromatic heterocycles. The number of carbonyl (C=O) groups is 1. The van der Waals surface area contributed by atoms with E-state index in [1.807, 2.05) is 35.4 Å². The molecule has 204 valence electrons. The summed E-state index contributed by atoms with van der Waals surface area (Å²) >= 11 is 0. The van der Waals surface area contributed by atoms with Crippen molar-refractivity contribution in [1.82, 2.24) is 14.9 Å². The average molecular weight is 538 g/mol. The highest BCUT2D eigenvalue weighted by atomic mass is 19.1. The van der Waals surface area contributed by atoms with Gasteiger partial charge in [-0.1, -0.05) is 43.2 Å². The van der Waals surface area contributed by atoms with E-state index in [0.717, 1.165) is 66.7 Å². The predicted molar refractivity (Wildman–Crippen MR) is 151 cm³/mol. The Morgan fingerprint density at radius 3 is 2.73 bits per heavy atom. The molecule has 0 radical (unpaired) electrons. The van der Waals surface area contributed by atoms with Gasteiger partial charge in [0.1, 0.15) is 29.2 Å². The molecular formula is C32H32FN5O2. The molecule has 1 unspecified atom stereocenters. The van der Waals surface area contributed by atoms with Crippen molar-refractivity contribution >= 4 is 23.5 Å². The molecule has 0 bridgehead atoms. The lowest BCUT2D eigenvalue weighted by molar-refractivity contribution is -0.127. The average Bonchev–Trinajstić information content (AvgIpc) is 3.48. The molecule has 2 atom stereocenters. The summed E-state index contributed by atoms with van der Waals surface area (Å²) in [5.41, 5.74) is 3.51. The number of amides is 1. The van der Waals surface area contributed by atoms with E-state index >= 15 is 0 Å². The molecule has 40 heavy (non-hydrogen) atoms. The summed E-state index contributed by atoms with van der Waals surface area (Å²) in [5.74, 6) is 0.113. The third-order valence-corrected chi connectivity index (χ3v) is 9.11. The van der Waals surface area contributed by atoms with Gasteiger partial charge in [-0.15, -0.1) is 0 Å². The quantitative estimate of drug-likeness (QED) is 0.500. The Hall–Kier alpha value is -3.91. The van der Waals surface area contributed by atoms with Gasteiger partial charge in [0.05, 0.1) is 5.41 Å². The minimum Gasteiger partial charge on any atom is -0.373 e. The SMILES string of the molecule is O=C1C(c2ccccc2F)=NC2(CCCCCC2)N1C/C=C/c1cnc2c(c1)CC1(C2)c2cccnc2N[C@@H]1O. The van der Waals surface area contributed by atoms with E-state index in [4.69, 9.17) is 9.98 Å². The van der Waals surface area contributed by atoms with Crippen molar-refractivity contribution in [1.29, 1.82) is 0 Å². The van der Waals surface area contributed by atoms with E-state index in [2.05, 4.69) is 16.4 Å². The van der Waals surface area contributed by atoms with Crippen LogP contribution in [0.1, 0.15) is 66.5 Å². The monoisotopic (exact) mass is 537 g/mol. The molecule has 4 heterocycles. The maximum absolute atomic E-state index is 14.7. The third kappa shape index (κ3) is 3.96. The van der Waals surface area contributed by atoms with Crippen LogP contribution in [-0.4, -0.2) is 50.0 Å². The molecule has 4 aliphatic rings. The number of aliphatic hydroxyl groups excluding tert-OH is 1. The molecule has 2 spiro atoms. The summed E-state index contributed by atoms with van der Waals surface area (Å²) < 4.78 is 14.7. The van der Waals surface area contributed by atoms with Gasteiger partial charge in [0.15, 0.2) is 0 Å². The molecule has 1 amide bonds. The summed E-state index contributed by atoms with van der Waals surface area (Å²) in [7, 11) is 0. The molecular weight excluding hydrogens is 505 g/mol. The zero-order valence-corrected chi connectivity index (χ0v) is 22.3. The first-order chi connectivity index (χ1) is 19.5. The van der Waals surface area contributed by atoms with Crippen LogP contribution in [0.15, 0.2) is 65.9 Å². The van der Waals surface area contributed by atoms with Gasteiger partial charge in [-0.05, 0) is 67.5 Å². The fourth-order valence-corrected chi connectivity index (χ4v) is 7.07. The van der Waals surface area contributed by atoms with E-state index in [-0.39, 0.29) is 17.2 Å². The fraction of sp³-hybridized carbons (Fsp3) is 0.375. The lowest BCUT2D eigenvalue weighted by Crippen LogP contribution is -2.46. The Labute approximate surface area is 232 Å². The van der Waals surface area contributed by atoms with Crippen LogP contribution in [0.2, 0.25) is 0 Å². The first kappa shape index (κ1) is 25.1. The van der Waals surface area contributed by atoms with Gasteiger partial charge >= 0.3 is 0 Å². The number of fused-ring (bicyclic) bond motifs is 3. The number of anilines is 1. The van der Waals surface area contributed by atoms with Crippen molar-refractivity contribution < 1.29 is 14.3 Å². The molecule has 7 rings (SSSR count). The number of pyridine rings is 2. The Morgan fingerprint density at radius 2 is 1.90 bits per heavy atom. The number of benzene rings is 1. The molecule has 2 aliphatic carbocycles. The van der Waals surface area contributed by atoms with Crippen LogP contribution in [0.3, 0.4) is 0 Å². The highest BCUT2D eigenvalue weighted by molar-refractivity contribution is 6.46. The van der Waals surface area contributed by atoms with Gasteiger partial charge in [0.2, 0.25) is 0 Å². The summed E-state index contributed by atoms with van der Waals surface area (Å²) in [6, 6.07) is 12.5. The summed E-state index contributed by atoms with van der Waals surface area (Å²) in [6.07, 6.45) is 14.0. The van der Waals surface area contributed by atoms with Crippen LogP contribution in [0.5, 0.6) is 0 Å². The summed E-state index contributed by atoms with van der Waals surface area (Å²) in [6.45, 7) is 0.392. The summed E-state index contributed by atoms with van der Waals surface area (Å²) in [5, 5.41) is 14.1. The highest BCUT2D eigenvalue weighted by Gasteiger charge is 2.51. The van der Waals surface area contributed by atoms with Crippen LogP contribution >= 0.6 is 0 Å². The number of nitrogens with zero attached hydrogens (tertiary/aromatic N) is 4. The minimum atomic E-state index is -0.716. The molecule has 7 nitrogen and oxygen atoms in total. The van der Waals surface area contributed by atoms with Gasteiger partial charge in [-0.3, -0.25) is 14.8 Å². The second-order valence-electron chi connectivity index (χ2n) is 11.5. The van der Waals surface area contributed by atoms with Crippen LogP contribution < -0.4 is 5.32 Å². The second-order valence-corrected chi connectivity index (χ2v) is 11.5. The third-order valence-electron chi connectivity index (χ3n) is 9.11. The molecule has 8 heteroatoms. The van der Waals surface area contributed by atoms with E-state index < -0.39 is 23.1 Å². The predicted octanol–water partition coefficient (Wildman–Crippen LogP) is 4.79. The van der Waals surface area contributed by atoms with Crippen LogP contribution in [0, 0.1) is 5.82 Å². The van der Waals surface area contributed by atoms with Crippen molar-refractivity contribution in [2.75, 3.05) is 11.9 Å². The van der Waals surface area contributed by atoms with Crippen LogP contribution in [0.25, 0.3) is 6.08 Å². The number of aromatic nitrogens is 2. The molecule has 2 aliphatic heterocycles. The number of rotatable bonds is 4. The minimum absolute atomic E-state index is 0.208. The van der Waals surface area contributed by atoms with E-state index in [0.29, 0.717) is 19.4 Å². The highest BCUT2D eigenvalue weighted by Crippen LogP contribution is 2.48. The Kier molecular flexibility index (Phi) is 6.04. The Bertz CT molecular complexity index is 1540. The Morgan fingerprint density at radius 1 is 1.07 bits per heavy atom. The fourth-order valence-electron chi connectivity index (χ4n) is 7.07. The Balaban J connectivity index is 1.13. The molecule has 1 fully saturated rings. The number of aliphatic hydroxyl groups is 1. The number of hydrogen-bond acceptors (Lipinski definition) is 6. The number of carbonyl (C=O) groups excluding carboxylic acids is 1. The largest absolute Gasteiger partial charge is 0.373 e. The molecule has 1 saturated carbocycles. The van der Waals surface area contributed by atoms with Gasteiger partial charge in [0, 0.05) is 42.2 Å². The van der Waals surface area contributed by atoms with Crippen LogP contribution in [-0.2, 0) is 23.1 Å². The molecule has 3 aromatic rings. The maximum atomic E-state index is 14.7. The normalized spacial score (nSPS) is 24.9. The number of nitrogens with one attached hydrogen (secondary N) is 1. The molecule has 2 N–H and O–H groups in total. The van der Waals surface area contributed by atoms with Gasteiger partial charge in [-0.2, -0.15) is 0 Å². The van der Waals surface area contributed by atoms with Crippen molar-refractivity contribution in [2.45, 2.75) is 68.7 Å². The maximum Gasteiger partial charge on any atom is 0.275 e. The van der Waals surface area contributed by atoms with Crippen molar-refractivity contribution in [3.8, 4) is 0 Å². The van der Waals surface area contributed by atoms with Crippen LogP contribution in [0.4, 0.5) is 10.2 Å². The van der Waals surface area contributed by atoms with Crippen molar-refractivity contribution in [2.24, 2.45) is 4.99 Å². The first-order valence-electron chi connectivity index (χ1n) is 14.2. The van der Waals surface area contributed by atoms with Gasteiger partial charge in [-0.25, -0.2) is 9.37 Å². The van der Waals surface area contributed by atoms with E-state index in [9.17, 15) is 14.3 Å². The smallest absolute Gasteiger partial charge is 0.275 e. The zero-order chi connectivity index (χ0) is 27.3. The van der Waals surface area contributed by atoms with E-state index in [1.165, 1.54) is 6.07 Å². The van der Waals surface area contributed by atoms with Crippen molar-refractivity contribution in [3.63, 3.8) is 0 Å². The van der Waals surface area contributed by atoms with Gasteiger partial charge in [0.25, 0.3) is 5.91 Å². The number of aliphatic imine (C=N–C) groups is 1. The molecule has 0 saturated heterocycles. The zero-order valence-electron chi connectivity index (χ0n) is 22.3. The van der Waals surface area contributed by atoms with E-state index in [1.54, 1.807) is 24.4 Å². The topological polar surface area (TPSA) is 90.7 Å². The second kappa shape index (κ2) is 9.63. The lowest BCUT2D eigenvalue weighted by Gasteiger charge is -2.35.